The topological polar surface area (TPSA) is 81.1 Å². The molecule has 0 aliphatic rings. The van der Waals surface area contributed by atoms with Gasteiger partial charge in [0, 0.05) is 5.69 Å². The Morgan fingerprint density at radius 1 is 1.21 bits per heavy atom. The van der Waals surface area contributed by atoms with Crippen LogP contribution in [-0.2, 0) is 21.3 Å². The quantitative estimate of drug-likeness (QED) is 0.919. The van der Waals surface area contributed by atoms with Crippen LogP contribution in [0.4, 0.5) is 0 Å². The van der Waals surface area contributed by atoms with Crippen molar-refractivity contribution >= 4 is 15.9 Å². The van der Waals surface area contributed by atoms with Gasteiger partial charge in [0.2, 0.25) is 10.0 Å². The second-order valence-corrected chi connectivity index (χ2v) is 8.59. The summed E-state index contributed by atoms with van der Waals surface area (Å²) >= 11 is 0. The van der Waals surface area contributed by atoms with E-state index in [1.807, 2.05) is 46.8 Å². The molecule has 0 bridgehead atoms. The van der Waals surface area contributed by atoms with Crippen LogP contribution in [0, 0.1) is 13.8 Å². The first kappa shape index (κ1) is 18.2. The normalized spacial score (nSPS) is 12.2. The van der Waals surface area contributed by atoms with Crippen molar-refractivity contribution in [3.8, 4) is 0 Å². The second-order valence-electron chi connectivity index (χ2n) is 6.87. The number of hydrogen-bond acceptors (Lipinski definition) is 4. The molecule has 7 heteroatoms. The van der Waals surface area contributed by atoms with Crippen molar-refractivity contribution in [2.24, 2.45) is 0 Å². The molecule has 1 aromatic heterocycles. The number of amides is 1. The van der Waals surface area contributed by atoms with Gasteiger partial charge in [0.05, 0.1) is 11.3 Å². The van der Waals surface area contributed by atoms with Gasteiger partial charge in [-0.25, -0.2) is 13.1 Å². The molecule has 0 unspecified atom stereocenters. The maximum absolute atomic E-state index is 12.3. The molecule has 0 spiro atoms. The lowest BCUT2D eigenvalue weighted by molar-refractivity contribution is 0.0975. The van der Waals surface area contributed by atoms with Crippen molar-refractivity contribution in [1.29, 1.82) is 0 Å². The number of aryl methyl sites for hydroxylation is 2. The van der Waals surface area contributed by atoms with E-state index >= 15 is 0 Å². The molecule has 1 amide bonds. The molecule has 1 aromatic carbocycles. The Balaban J connectivity index is 2.18. The number of carbonyl (C=O) groups is 1. The van der Waals surface area contributed by atoms with Crippen LogP contribution in [0.2, 0.25) is 0 Å². The summed E-state index contributed by atoms with van der Waals surface area (Å²) in [7, 11) is -3.79. The monoisotopic (exact) mass is 349 g/mol. The Hall–Kier alpha value is -2.15. The van der Waals surface area contributed by atoms with Gasteiger partial charge >= 0.3 is 0 Å². The van der Waals surface area contributed by atoms with Gasteiger partial charge in [0.25, 0.3) is 5.91 Å². The molecule has 0 aliphatic carbocycles. The predicted molar refractivity (Wildman–Crippen MR) is 93.2 cm³/mol. The van der Waals surface area contributed by atoms with Crippen LogP contribution in [0.3, 0.4) is 0 Å². The molecule has 24 heavy (non-hydrogen) atoms. The van der Waals surface area contributed by atoms with Crippen molar-refractivity contribution in [3.05, 3.63) is 52.8 Å². The van der Waals surface area contributed by atoms with E-state index in [-0.39, 0.29) is 17.0 Å². The molecule has 1 heterocycles. The van der Waals surface area contributed by atoms with Crippen LogP contribution in [-0.4, -0.2) is 24.1 Å². The first-order chi connectivity index (χ1) is 11.0. The zero-order valence-electron chi connectivity index (χ0n) is 14.6. The third-order valence-corrected chi connectivity index (χ3v) is 4.80. The summed E-state index contributed by atoms with van der Waals surface area (Å²) in [6.45, 7) is 9.55. The van der Waals surface area contributed by atoms with E-state index in [1.54, 1.807) is 22.9 Å². The van der Waals surface area contributed by atoms with Crippen LogP contribution in [0.15, 0.2) is 30.3 Å². The minimum atomic E-state index is -3.79. The predicted octanol–water partition coefficient (Wildman–Crippen LogP) is 2.51. The smallest absolute Gasteiger partial charge is 0.266 e. The van der Waals surface area contributed by atoms with Crippen LogP contribution in [0.25, 0.3) is 0 Å². The van der Waals surface area contributed by atoms with E-state index in [9.17, 15) is 13.2 Å². The molecule has 0 aliphatic heterocycles. The number of benzene rings is 1. The van der Waals surface area contributed by atoms with Crippen LogP contribution < -0.4 is 4.72 Å². The van der Waals surface area contributed by atoms with Crippen LogP contribution in [0.5, 0.6) is 0 Å². The number of hydrogen-bond donors (Lipinski definition) is 1. The number of nitrogens with zero attached hydrogens (tertiary/aromatic N) is 2. The average molecular weight is 349 g/mol. The summed E-state index contributed by atoms with van der Waals surface area (Å²) in [6.07, 6.45) is 0. The third kappa shape index (κ3) is 4.23. The highest BCUT2D eigenvalue weighted by Gasteiger charge is 2.23. The van der Waals surface area contributed by atoms with Crippen molar-refractivity contribution < 1.29 is 13.2 Å². The fraction of sp³-hybridized carbons (Fsp3) is 0.412. The Morgan fingerprint density at radius 3 is 2.38 bits per heavy atom. The van der Waals surface area contributed by atoms with E-state index in [2.05, 4.69) is 9.82 Å². The highest BCUT2D eigenvalue weighted by atomic mass is 32.2. The first-order valence-corrected chi connectivity index (χ1v) is 9.31. The van der Waals surface area contributed by atoms with Crippen LogP contribution in [0.1, 0.15) is 48.1 Å². The molecule has 0 saturated heterocycles. The van der Waals surface area contributed by atoms with Gasteiger partial charge in [0.15, 0.2) is 5.69 Å². The van der Waals surface area contributed by atoms with Gasteiger partial charge < -0.3 is 0 Å². The molecule has 0 saturated carbocycles. The summed E-state index contributed by atoms with van der Waals surface area (Å²) < 4.78 is 28.3. The molecule has 6 nitrogen and oxygen atoms in total. The Labute approximate surface area is 142 Å². The fourth-order valence-corrected chi connectivity index (χ4v) is 3.66. The number of aromatic nitrogens is 2. The molecule has 0 fully saturated rings. The number of nitrogens with one attached hydrogen (secondary N) is 1. The van der Waals surface area contributed by atoms with Crippen molar-refractivity contribution in [2.75, 3.05) is 0 Å². The highest BCUT2D eigenvalue weighted by Crippen LogP contribution is 2.17. The molecule has 0 atom stereocenters. The Morgan fingerprint density at radius 2 is 1.83 bits per heavy atom. The van der Waals surface area contributed by atoms with Gasteiger partial charge in [-0.05, 0) is 51.8 Å². The molecule has 2 aromatic rings. The van der Waals surface area contributed by atoms with E-state index in [4.69, 9.17) is 0 Å². The van der Waals surface area contributed by atoms with Gasteiger partial charge in [-0.15, -0.1) is 0 Å². The molecular formula is C17H23N3O3S. The third-order valence-electron chi connectivity index (χ3n) is 3.61. The lowest BCUT2D eigenvalue weighted by atomic mass is 10.1. The summed E-state index contributed by atoms with van der Waals surface area (Å²) in [5.74, 6) is -0.959. The highest BCUT2D eigenvalue weighted by molar-refractivity contribution is 7.89. The van der Waals surface area contributed by atoms with Crippen molar-refractivity contribution in [3.63, 3.8) is 0 Å². The number of rotatable bonds is 4. The summed E-state index contributed by atoms with van der Waals surface area (Å²) in [4.78, 5) is 12.3. The minimum Gasteiger partial charge on any atom is -0.266 e. The number of sulfonamides is 1. The van der Waals surface area contributed by atoms with Gasteiger partial charge in [-0.1, -0.05) is 24.3 Å². The van der Waals surface area contributed by atoms with Crippen molar-refractivity contribution in [1.82, 2.24) is 14.5 Å². The largest absolute Gasteiger partial charge is 0.285 e. The van der Waals surface area contributed by atoms with Gasteiger partial charge in [-0.2, -0.15) is 5.10 Å². The summed E-state index contributed by atoms with van der Waals surface area (Å²) in [5.41, 5.74) is 2.12. The molecule has 2 rings (SSSR count). The lowest BCUT2D eigenvalue weighted by Crippen LogP contribution is -2.32. The summed E-state index contributed by atoms with van der Waals surface area (Å²) in [6, 6.07) is 8.77. The minimum absolute atomic E-state index is 0.0933. The molecule has 1 N–H and O–H groups in total. The molecule has 130 valence electrons. The molecule has 0 radical (unpaired) electrons. The second kappa shape index (κ2) is 6.39. The first-order valence-electron chi connectivity index (χ1n) is 7.66. The SMILES string of the molecule is Cc1ccccc1CS(=O)(=O)NC(=O)c1cc(C)n(C(C)(C)C)n1. The van der Waals surface area contributed by atoms with Gasteiger partial charge in [-0.3, -0.25) is 9.48 Å². The Bertz CT molecular complexity index is 861. The van der Waals surface area contributed by atoms with E-state index in [0.717, 1.165) is 11.3 Å². The van der Waals surface area contributed by atoms with Gasteiger partial charge in [0.1, 0.15) is 0 Å². The fourth-order valence-electron chi connectivity index (χ4n) is 2.47. The van der Waals surface area contributed by atoms with E-state index in [0.29, 0.717) is 5.56 Å². The maximum Gasteiger partial charge on any atom is 0.285 e. The van der Waals surface area contributed by atoms with Crippen LogP contribution >= 0.6 is 0 Å². The Kier molecular flexibility index (Phi) is 4.85. The van der Waals surface area contributed by atoms with E-state index < -0.39 is 15.9 Å². The summed E-state index contributed by atoms with van der Waals surface area (Å²) in [5, 5.41) is 4.23. The molecular weight excluding hydrogens is 326 g/mol. The zero-order chi connectivity index (χ0) is 18.1. The standard InChI is InChI=1S/C17H23N3O3S/c1-12-8-6-7-9-14(12)11-24(22,23)19-16(21)15-10-13(2)20(18-15)17(3,4)5/h6-10H,11H2,1-5H3,(H,19,21). The lowest BCUT2D eigenvalue weighted by Gasteiger charge is -2.21. The zero-order valence-corrected chi connectivity index (χ0v) is 15.4. The maximum atomic E-state index is 12.3. The van der Waals surface area contributed by atoms with E-state index in [1.165, 1.54) is 0 Å². The van der Waals surface area contributed by atoms with Crippen molar-refractivity contribution in [2.45, 2.75) is 45.9 Å². The average Bonchev–Trinajstić information content (AvgIpc) is 2.83. The number of carbonyl (C=O) groups excluding carboxylic acids is 1.